The fourth-order valence-corrected chi connectivity index (χ4v) is 4.25. The van der Waals surface area contributed by atoms with Gasteiger partial charge in [-0.3, -0.25) is 4.79 Å². The second-order valence-corrected chi connectivity index (χ2v) is 7.60. The molecule has 1 unspecified atom stereocenters. The van der Waals surface area contributed by atoms with Crippen LogP contribution in [0.1, 0.15) is 49.6 Å². The molecule has 2 aliphatic rings. The van der Waals surface area contributed by atoms with Crippen molar-refractivity contribution < 1.29 is 4.79 Å². The Kier molecular flexibility index (Phi) is 3.87. The first-order valence-electron chi connectivity index (χ1n) is 7.70. The zero-order valence-corrected chi connectivity index (χ0v) is 13.2. The van der Waals surface area contributed by atoms with E-state index < -0.39 is 0 Å². The van der Waals surface area contributed by atoms with E-state index in [0.29, 0.717) is 17.9 Å². The summed E-state index contributed by atoms with van der Waals surface area (Å²) in [5, 5.41) is 2.17. The lowest BCUT2D eigenvalue weighted by molar-refractivity contribution is -0.136. The molecule has 0 bridgehead atoms. The molecule has 110 valence electrons. The molecule has 1 aliphatic carbocycles. The van der Waals surface area contributed by atoms with Crippen LogP contribution < -0.4 is 5.73 Å². The number of fused-ring (bicyclic) bond motifs is 1. The van der Waals surface area contributed by atoms with Crippen molar-refractivity contribution in [2.45, 2.75) is 51.6 Å². The summed E-state index contributed by atoms with van der Waals surface area (Å²) in [7, 11) is 0. The van der Waals surface area contributed by atoms with Gasteiger partial charge in [-0.2, -0.15) is 0 Å². The van der Waals surface area contributed by atoms with E-state index in [9.17, 15) is 4.79 Å². The van der Waals surface area contributed by atoms with Crippen LogP contribution in [0.2, 0.25) is 0 Å². The number of nitrogens with two attached hydrogens (primary N) is 1. The molecule has 4 heteroatoms. The molecule has 20 heavy (non-hydrogen) atoms. The van der Waals surface area contributed by atoms with Crippen LogP contribution in [0.3, 0.4) is 0 Å². The monoisotopic (exact) mass is 292 g/mol. The van der Waals surface area contributed by atoms with Crippen molar-refractivity contribution in [3.8, 4) is 0 Å². The van der Waals surface area contributed by atoms with E-state index in [0.717, 1.165) is 19.4 Å². The van der Waals surface area contributed by atoms with Crippen molar-refractivity contribution >= 4 is 17.2 Å². The zero-order valence-electron chi connectivity index (χ0n) is 12.3. The number of hydrogen-bond donors (Lipinski definition) is 1. The minimum atomic E-state index is -0.337. The van der Waals surface area contributed by atoms with Gasteiger partial charge in [0.15, 0.2) is 0 Å². The van der Waals surface area contributed by atoms with Crippen molar-refractivity contribution in [3.05, 3.63) is 21.9 Å². The predicted molar refractivity (Wildman–Crippen MR) is 82.6 cm³/mol. The van der Waals surface area contributed by atoms with E-state index in [1.165, 1.54) is 23.3 Å². The Balaban J connectivity index is 1.80. The number of carbonyl (C=O) groups is 1. The molecule has 2 atom stereocenters. The number of rotatable bonds is 4. The summed E-state index contributed by atoms with van der Waals surface area (Å²) < 4.78 is 0. The van der Waals surface area contributed by atoms with Crippen molar-refractivity contribution in [2.24, 2.45) is 17.6 Å². The Hall–Kier alpha value is -0.870. The van der Waals surface area contributed by atoms with Crippen LogP contribution >= 0.6 is 11.3 Å². The summed E-state index contributed by atoms with van der Waals surface area (Å²) in [5.74, 6) is 1.29. The Morgan fingerprint density at radius 3 is 2.90 bits per heavy atom. The first kappa shape index (κ1) is 14.1. The summed E-state index contributed by atoms with van der Waals surface area (Å²) in [6.45, 7) is 5.09. The maximum Gasteiger partial charge on any atom is 0.240 e. The van der Waals surface area contributed by atoms with E-state index in [4.69, 9.17) is 5.73 Å². The molecule has 3 nitrogen and oxygen atoms in total. The van der Waals surface area contributed by atoms with Crippen molar-refractivity contribution in [1.82, 2.24) is 4.90 Å². The molecule has 1 amide bonds. The summed E-state index contributed by atoms with van der Waals surface area (Å²) in [6.07, 6.45) is 4.28. The van der Waals surface area contributed by atoms with Gasteiger partial charge in [0.25, 0.3) is 0 Å². The van der Waals surface area contributed by atoms with E-state index in [1.54, 1.807) is 0 Å². The van der Waals surface area contributed by atoms with Gasteiger partial charge in [-0.05, 0) is 54.5 Å². The van der Waals surface area contributed by atoms with Crippen LogP contribution in [0, 0.1) is 11.8 Å². The molecule has 1 aromatic heterocycles. The minimum Gasteiger partial charge on any atom is -0.334 e. The van der Waals surface area contributed by atoms with Gasteiger partial charge in [-0.1, -0.05) is 13.8 Å². The van der Waals surface area contributed by atoms with Crippen LogP contribution in [0.5, 0.6) is 0 Å². The second kappa shape index (κ2) is 5.49. The first-order valence-corrected chi connectivity index (χ1v) is 8.58. The molecule has 3 rings (SSSR count). The highest BCUT2D eigenvalue weighted by atomic mass is 32.1. The highest BCUT2D eigenvalue weighted by Crippen LogP contribution is 2.48. The highest BCUT2D eigenvalue weighted by Gasteiger charge is 2.42. The van der Waals surface area contributed by atoms with Gasteiger partial charge >= 0.3 is 0 Å². The van der Waals surface area contributed by atoms with Gasteiger partial charge in [-0.15, -0.1) is 11.3 Å². The predicted octanol–water partition coefficient (Wildman–Crippen LogP) is 2.96. The van der Waals surface area contributed by atoms with Gasteiger partial charge in [-0.25, -0.2) is 0 Å². The number of nitrogens with zero attached hydrogens (tertiary/aromatic N) is 1. The van der Waals surface area contributed by atoms with Crippen molar-refractivity contribution in [1.29, 1.82) is 0 Å². The lowest BCUT2D eigenvalue weighted by atomic mass is 9.94. The SMILES string of the molecule is CC(C)C[C@H](N)C(=O)N1CCc2sccc2C1C1CC1. The zero-order chi connectivity index (χ0) is 14.3. The second-order valence-electron chi connectivity index (χ2n) is 6.60. The van der Waals surface area contributed by atoms with Crippen LogP contribution in [-0.2, 0) is 11.2 Å². The summed E-state index contributed by atoms with van der Waals surface area (Å²) >= 11 is 1.84. The fourth-order valence-electron chi connectivity index (χ4n) is 3.34. The van der Waals surface area contributed by atoms with Gasteiger partial charge < -0.3 is 10.6 Å². The summed E-state index contributed by atoms with van der Waals surface area (Å²) in [5.41, 5.74) is 7.54. The van der Waals surface area contributed by atoms with E-state index >= 15 is 0 Å². The molecule has 2 heterocycles. The van der Waals surface area contributed by atoms with Gasteiger partial charge in [0.1, 0.15) is 0 Å². The topological polar surface area (TPSA) is 46.3 Å². The molecular formula is C16H24N2OS. The lowest BCUT2D eigenvalue weighted by Gasteiger charge is -2.38. The van der Waals surface area contributed by atoms with Crippen LogP contribution in [0.4, 0.5) is 0 Å². The smallest absolute Gasteiger partial charge is 0.240 e. The number of hydrogen-bond acceptors (Lipinski definition) is 3. The average molecular weight is 292 g/mol. The third-order valence-corrected chi connectivity index (χ3v) is 5.40. The van der Waals surface area contributed by atoms with Gasteiger partial charge in [0, 0.05) is 11.4 Å². The summed E-state index contributed by atoms with van der Waals surface area (Å²) in [4.78, 5) is 16.3. The third kappa shape index (κ3) is 2.63. The lowest BCUT2D eigenvalue weighted by Crippen LogP contribution is -2.48. The molecule has 0 saturated heterocycles. The maximum absolute atomic E-state index is 12.7. The average Bonchev–Trinajstić information content (AvgIpc) is 3.12. The highest BCUT2D eigenvalue weighted by molar-refractivity contribution is 7.10. The molecule has 1 aliphatic heterocycles. The molecule has 0 spiro atoms. The minimum absolute atomic E-state index is 0.160. The van der Waals surface area contributed by atoms with Crippen molar-refractivity contribution in [2.75, 3.05) is 6.54 Å². The van der Waals surface area contributed by atoms with E-state index in [-0.39, 0.29) is 11.9 Å². The quantitative estimate of drug-likeness (QED) is 0.927. The molecule has 1 aromatic rings. The third-order valence-electron chi connectivity index (χ3n) is 4.41. The Bertz CT molecular complexity index is 492. The normalized spacial score (nSPS) is 23.8. The first-order chi connectivity index (χ1) is 9.58. The van der Waals surface area contributed by atoms with Gasteiger partial charge in [0.2, 0.25) is 5.91 Å². The van der Waals surface area contributed by atoms with E-state index in [2.05, 4.69) is 30.2 Å². The molecular weight excluding hydrogens is 268 g/mol. The number of thiophene rings is 1. The Labute approximate surface area is 125 Å². The van der Waals surface area contributed by atoms with Crippen molar-refractivity contribution in [3.63, 3.8) is 0 Å². The van der Waals surface area contributed by atoms with Crippen LogP contribution in [0.25, 0.3) is 0 Å². The molecule has 1 fully saturated rings. The summed E-state index contributed by atoms with van der Waals surface area (Å²) in [6, 6.07) is 2.18. The number of carbonyl (C=O) groups excluding carboxylic acids is 1. The van der Waals surface area contributed by atoms with Crippen LogP contribution in [0.15, 0.2) is 11.4 Å². The fraction of sp³-hybridized carbons (Fsp3) is 0.688. The molecule has 0 aromatic carbocycles. The van der Waals surface area contributed by atoms with Crippen LogP contribution in [-0.4, -0.2) is 23.4 Å². The van der Waals surface area contributed by atoms with E-state index in [1.807, 2.05) is 11.3 Å². The standard InChI is InChI=1S/C16H24N2OS/c1-10(2)9-13(17)16(19)18-7-5-14-12(6-8-20-14)15(18)11-3-4-11/h6,8,10-11,13,15H,3-5,7,9,17H2,1-2H3/t13-,15?/m0/s1. The molecule has 2 N–H and O–H groups in total. The number of amides is 1. The van der Waals surface area contributed by atoms with Gasteiger partial charge in [0.05, 0.1) is 12.1 Å². The maximum atomic E-state index is 12.7. The largest absolute Gasteiger partial charge is 0.334 e. The Morgan fingerprint density at radius 2 is 2.25 bits per heavy atom. The Morgan fingerprint density at radius 1 is 1.50 bits per heavy atom. The molecule has 1 saturated carbocycles. The molecule has 0 radical (unpaired) electrons.